The Hall–Kier alpha value is -2.54. The highest BCUT2D eigenvalue weighted by molar-refractivity contribution is 5.98. The molecule has 2 N–H and O–H groups in total. The lowest BCUT2D eigenvalue weighted by molar-refractivity contribution is -0.207. The summed E-state index contributed by atoms with van der Waals surface area (Å²) in [5, 5.41) is 19.3. The average molecular weight is 348 g/mol. The maximum atomic E-state index is 11.9. The van der Waals surface area contributed by atoms with Crippen LogP contribution in [-0.4, -0.2) is 28.6 Å². The van der Waals surface area contributed by atoms with E-state index in [1.807, 2.05) is 6.92 Å². The van der Waals surface area contributed by atoms with Crippen LogP contribution < -0.4 is 10.4 Å². The number of carboxylic acid groups (broad SMARTS) is 1. The second-order valence-corrected chi connectivity index (χ2v) is 6.16. The Bertz CT molecular complexity index is 875. The Morgan fingerprint density at radius 3 is 2.72 bits per heavy atom. The molecule has 0 saturated carbocycles. The number of aromatic carboxylic acids is 1. The van der Waals surface area contributed by atoms with Crippen molar-refractivity contribution in [1.29, 1.82) is 0 Å². The fourth-order valence-electron chi connectivity index (χ4n) is 3.12. The van der Waals surface area contributed by atoms with Gasteiger partial charge in [-0.1, -0.05) is 6.92 Å². The number of hydrogen-bond donors (Lipinski definition) is 2. The van der Waals surface area contributed by atoms with Gasteiger partial charge in [-0.3, -0.25) is 0 Å². The fourth-order valence-corrected chi connectivity index (χ4v) is 3.12. The molecule has 1 atom stereocenters. The molecule has 0 bridgehead atoms. The number of rotatable bonds is 4. The van der Waals surface area contributed by atoms with Gasteiger partial charge in [-0.05, 0) is 31.9 Å². The SMILES string of the molecule is CCC1(Oc2ccc3c(O)c(C(=O)O)c(=O)oc3c2C)CCCCO1. The lowest BCUT2D eigenvalue weighted by Crippen LogP contribution is -2.41. The molecular weight excluding hydrogens is 328 g/mol. The molecular formula is C18H20O7. The van der Waals surface area contributed by atoms with E-state index < -0.39 is 28.7 Å². The van der Waals surface area contributed by atoms with Crippen LogP contribution in [0.1, 0.15) is 48.5 Å². The van der Waals surface area contributed by atoms with Gasteiger partial charge in [0, 0.05) is 18.4 Å². The van der Waals surface area contributed by atoms with Crippen molar-refractivity contribution in [1.82, 2.24) is 0 Å². The molecule has 7 heteroatoms. The first-order chi connectivity index (χ1) is 11.9. The summed E-state index contributed by atoms with van der Waals surface area (Å²) in [5.41, 5.74) is -1.27. The quantitative estimate of drug-likeness (QED) is 0.817. The van der Waals surface area contributed by atoms with Gasteiger partial charge in [0.25, 0.3) is 0 Å². The standard InChI is InChI=1S/C18H20O7/c1-3-18(8-4-5-9-23-18)25-12-7-6-11-14(19)13(16(20)21)17(22)24-15(11)10(12)2/h6-7,19H,3-5,8-9H2,1-2H3,(H,20,21). The van der Waals surface area contributed by atoms with Gasteiger partial charge in [0.1, 0.15) is 17.1 Å². The van der Waals surface area contributed by atoms with Crippen molar-refractivity contribution >= 4 is 16.9 Å². The summed E-state index contributed by atoms with van der Waals surface area (Å²) < 4.78 is 17.1. The van der Waals surface area contributed by atoms with E-state index in [1.165, 1.54) is 6.07 Å². The van der Waals surface area contributed by atoms with Crippen LogP contribution in [0, 0.1) is 6.92 Å². The molecule has 1 aromatic heterocycles. The minimum absolute atomic E-state index is 0.104. The monoisotopic (exact) mass is 348 g/mol. The van der Waals surface area contributed by atoms with Crippen molar-refractivity contribution < 1.29 is 28.9 Å². The van der Waals surface area contributed by atoms with Gasteiger partial charge in [0.05, 0.1) is 12.0 Å². The number of aryl methyl sites for hydroxylation is 1. The fraction of sp³-hybridized carbons (Fsp3) is 0.444. The van der Waals surface area contributed by atoms with Crippen molar-refractivity contribution in [3.05, 3.63) is 33.7 Å². The van der Waals surface area contributed by atoms with Crippen LogP contribution in [-0.2, 0) is 4.74 Å². The third-order valence-corrected chi connectivity index (χ3v) is 4.61. The van der Waals surface area contributed by atoms with E-state index in [-0.39, 0.29) is 11.0 Å². The second-order valence-electron chi connectivity index (χ2n) is 6.16. The topological polar surface area (TPSA) is 106 Å². The molecule has 25 heavy (non-hydrogen) atoms. The molecule has 0 radical (unpaired) electrons. The van der Waals surface area contributed by atoms with Crippen molar-refractivity contribution in [2.75, 3.05) is 6.61 Å². The Morgan fingerprint density at radius 1 is 1.36 bits per heavy atom. The molecule has 1 saturated heterocycles. The van der Waals surface area contributed by atoms with Gasteiger partial charge < -0.3 is 24.1 Å². The first-order valence-corrected chi connectivity index (χ1v) is 8.24. The maximum Gasteiger partial charge on any atom is 0.354 e. The van der Waals surface area contributed by atoms with Crippen LogP contribution in [0.15, 0.2) is 21.3 Å². The molecule has 7 nitrogen and oxygen atoms in total. The Balaban J connectivity index is 2.10. The predicted molar refractivity (Wildman–Crippen MR) is 89.3 cm³/mol. The summed E-state index contributed by atoms with van der Waals surface area (Å²) in [6.45, 7) is 4.29. The Labute approximate surface area is 143 Å². The molecule has 0 spiro atoms. The molecule has 0 amide bonds. The minimum Gasteiger partial charge on any atom is -0.506 e. The third kappa shape index (κ3) is 2.95. The zero-order valence-electron chi connectivity index (χ0n) is 14.1. The predicted octanol–water partition coefficient (Wildman–Crippen LogP) is 3.19. The van der Waals surface area contributed by atoms with E-state index in [0.29, 0.717) is 24.3 Å². The summed E-state index contributed by atoms with van der Waals surface area (Å²) in [6, 6.07) is 3.10. The summed E-state index contributed by atoms with van der Waals surface area (Å²) in [5.74, 6) is -2.39. The van der Waals surface area contributed by atoms with Crippen LogP contribution >= 0.6 is 0 Å². The normalized spacial score (nSPS) is 20.6. The number of ether oxygens (including phenoxy) is 2. The molecule has 2 aromatic rings. The Kier molecular flexibility index (Phi) is 4.43. The van der Waals surface area contributed by atoms with Gasteiger partial charge in [-0.25, -0.2) is 9.59 Å². The van der Waals surface area contributed by atoms with E-state index in [4.69, 9.17) is 19.0 Å². The van der Waals surface area contributed by atoms with Crippen molar-refractivity contribution in [3.63, 3.8) is 0 Å². The summed E-state index contributed by atoms with van der Waals surface area (Å²) in [7, 11) is 0. The van der Waals surface area contributed by atoms with Crippen molar-refractivity contribution in [2.45, 2.75) is 45.3 Å². The minimum atomic E-state index is -1.54. The first-order valence-electron chi connectivity index (χ1n) is 8.24. The number of carbonyl (C=O) groups is 1. The highest BCUT2D eigenvalue weighted by Crippen LogP contribution is 2.37. The van der Waals surface area contributed by atoms with E-state index in [1.54, 1.807) is 13.0 Å². The number of fused-ring (bicyclic) bond motifs is 1. The van der Waals surface area contributed by atoms with E-state index in [0.717, 1.165) is 19.3 Å². The van der Waals surface area contributed by atoms with Gasteiger partial charge in [-0.2, -0.15) is 0 Å². The molecule has 2 heterocycles. The molecule has 3 rings (SSSR count). The Morgan fingerprint density at radius 2 is 2.12 bits per heavy atom. The van der Waals surface area contributed by atoms with Crippen LogP contribution in [0.5, 0.6) is 11.5 Å². The summed E-state index contributed by atoms with van der Waals surface area (Å²) in [6.07, 6.45) is 3.41. The largest absolute Gasteiger partial charge is 0.506 e. The molecule has 0 aliphatic carbocycles. The number of carboxylic acids is 1. The van der Waals surface area contributed by atoms with Gasteiger partial charge >= 0.3 is 11.6 Å². The van der Waals surface area contributed by atoms with Gasteiger partial charge in [-0.15, -0.1) is 0 Å². The highest BCUT2D eigenvalue weighted by Gasteiger charge is 2.34. The van der Waals surface area contributed by atoms with Crippen LogP contribution in [0.3, 0.4) is 0 Å². The zero-order valence-corrected chi connectivity index (χ0v) is 14.1. The van der Waals surface area contributed by atoms with Crippen molar-refractivity contribution in [2.24, 2.45) is 0 Å². The molecule has 1 unspecified atom stereocenters. The summed E-state index contributed by atoms with van der Waals surface area (Å²) >= 11 is 0. The van der Waals surface area contributed by atoms with Crippen LogP contribution in [0.2, 0.25) is 0 Å². The molecule has 1 fully saturated rings. The smallest absolute Gasteiger partial charge is 0.354 e. The van der Waals surface area contributed by atoms with Crippen LogP contribution in [0.4, 0.5) is 0 Å². The van der Waals surface area contributed by atoms with Gasteiger partial charge in [0.15, 0.2) is 5.56 Å². The number of benzene rings is 1. The van der Waals surface area contributed by atoms with Gasteiger partial charge in [0.2, 0.25) is 5.79 Å². The maximum absolute atomic E-state index is 11.9. The first kappa shape index (κ1) is 17.3. The lowest BCUT2D eigenvalue weighted by atomic mass is 10.0. The van der Waals surface area contributed by atoms with E-state index in [9.17, 15) is 14.7 Å². The number of aromatic hydroxyl groups is 1. The second kappa shape index (κ2) is 6.40. The van der Waals surface area contributed by atoms with E-state index >= 15 is 0 Å². The van der Waals surface area contributed by atoms with Crippen molar-refractivity contribution in [3.8, 4) is 11.5 Å². The average Bonchev–Trinajstić information content (AvgIpc) is 2.58. The number of hydrogen-bond acceptors (Lipinski definition) is 6. The molecule has 1 aliphatic heterocycles. The lowest BCUT2D eigenvalue weighted by Gasteiger charge is -2.37. The highest BCUT2D eigenvalue weighted by atomic mass is 16.7. The summed E-state index contributed by atoms with van der Waals surface area (Å²) in [4.78, 5) is 23.0. The van der Waals surface area contributed by atoms with Crippen LogP contribution in [0.25, 0.3) is 11.0 Å². The molecule has 134 valence electrons. The zero-order chi connectivity index (χ0) is 18.2. The molecule has 1 aliphatic rings. The third-order valence-electron chi connectivity index (χ3n) is 4.61. The van der Waals surface area contributed by atoms with E-state index in [2.05, 4.69) is 0 Å². The molecule has 1 aromatic carbocycles.